The van der Waals surface area contributed by atoms with E-state index in [2.05, 4.69) is 5.32 Å². The molecule has 5 nitrogen and oxygen atoms in total. The van der Waals surface area contributed by atoms with Crippen LogP contribution in [0.15, 0.2) is 24.3 Å². The van der Waals surface area contributed by atoms with E-state index in [1.165, 1.54) is 0 Å². The van der Waals surface area contributed by atoms with Gasteiger partial charge in [0.1, 0.15) is 6.54 Å². The predicted molar refractivity (Wildman–Crippen MR) is 83.7 cm³/mol. The monoisotopic (exact) mass is 363 g/mol. The van der Waals surface area contributed by atoms with E-state index in [9.17, 15) is 22.8 Å². The molecule has 1 heterocycles. The minimum atomic E-state index is -4.46. The first-order chi connectivity index (χ1) is 11.3. The Balaban J connectivity index is 1.90. The third-order valence-electron chi connectivity index (χ3n) is 3.62. The van der Waals surface area contributed by atoms with E-state index in [-0.39, 0.29) is 12.5 Å². The normalized spacial score (nSPS) is 18.4. The van der Waals surface area contributed by atoms with Crippen LogP contribution in [0.2, 0.25) is 5.02 Å². The SMILES string of the molecule is O=C(CN1CCC[C@H]1C(=O)NCC(F)(F)F)Nc1ccccc1Cl. The molecule has 9 heteroatoms. The largest absolute Gasteiger partial charge is 0.405 e. The number of amides is 2. The maximum absolute atomic E-state index is 12.2. The summed E-state index contributed by atoms with van der Waals surface area (Å²) in [7, 11) is 0. The Morgan fingerprint density at radius 3 is 2.67 bits per heavy atom. The van der Waals surface area contributed by atoms with Crippen LogP contribution < -0.4 is 10.6 Å². The summed E-state index contributed by atoms with van der Waals surface area (Å²) in [6, 6.07) is 5.96. The van der Waals surface area contributed by atoms with E-state index in [1.54, 1.807) is 29.2 Å². The minimum Gasteiger partial charge on any atom is -0.346 e. The smallest absolute Gasteiger partial charge is 0.346 e. The molecule has 24 heavy (non-hydrogen) atoms. The number of benzene rings is 1. The van der Waals surface area contributed by atoms with Crippen molar-refractivity contribution in [2.75, 3.05) is 25.0 Å². The summed E-state index contributed by atoms with van der Waals surface area (Å²) in [5.41, 5.74) is 0.446. The van der Waals surface area contributed by atoms with Crippen molar-refractivity contribution in [3.05, 3.63) is 29.3 Å². The maximum atomic E-state index is 12.2. The van der Waals surface area contributed by atoms with Gasteiger partial charge in [0.25, 0.3) is 0 Å². The van der Waals surface area contributed by atoms with Gasteiger partial charge in [0, 0.05) is 0 Å². The van der Waals surface area contributed by atoms with E-state index < -0.39 is 24.7 Å². The zero-order valence-corrected chi connectivity index (χ0v) is 13.5. The van der Waals surface area contributed by atoms with Crippen LogP contribution >= 0.6 is 11.6 Å². The molecule has 2 rings (SSSR count). The molecular weight excluding hydrogens is 347 g/mol. The Hall–Kier alpha value is -1.80. The average Bonchev–Trinajstić information content (AvgIpc) is 2.94. The van der Waals surface area contributed by atoms with Crippen LogP contribution in [0.5, 0.6) is 0 Å². The fourth-order valence-corrected chi connectivity index (χ4v) is 2.74. The fourth-order valence-electron chi connectivity index (χ4n) is 2.55. The zero-order valence-electron chi connectivity index (χ0n) is 12.7. The van der Waals surface area contributed by atoms with Gasteiger partial charge in [-0.3, -0.25) is 14.5 Å². The minimum absolute atomic E-state index is 0.0880. The molecule has 1 atom stereocenters. The number of anilines is 1. The molecule has 1 aromatic rings. The van der Waals surface area contributed by atoms with Gasteiger partial charge in [-0.25, -0.2) is 0 Å². The molecule has 1 aliphatic heterocycles. The number of carbonyl (C=O) groups is 2. The van der Waals surface area contributed by atoms with Crippen molar-refractivity contribution in [2.24, 2.45) is 0 Å². The summed E-state index contributed by atoms with van der Waals surface area (Å²) >= 11 is 5.95. The predicted octanol–water partition coefficient (Wildman–Crippen LogP) is 2.42. The summed E-state index contributed by atoms with van der Waals surface area (Å²) < 4.78 is 36.6. The molecule has 1 aromatic carbocycles. The summed E-state index contributed by atoms with van der Waals surface area (Å²) in [6.45, 7) is -0.989. The van der Waals surface area contributed by atoms with Crippen LogP contribution in [0.1, 0.15) is 12.8 Å². The van der Waals surface area contributed by atoms with Crippen LogP contribution in [0, 0.1) is 0 Å². The second-order valence-corrected chi connectivity index (χ2v) is 5.90. The second-order valence-electron chi connectivity index (χ2n) is 5.49. The third-order valence-corrected chi connectivity index (χ3v) is 3.95. The molecule has 0 unspecified atom stereocenters. The van der Waals surface area contributed by atoms with Crippen molar-refractivity contribution in [1.29, 1.82) is 0 Å². The number of nitrogens with one attached hydrogen (secondary N) is 2. The van der Waals surface area contributed by atoms with Crippen molar-refractivity contribution >= 4 is 29.1 Å². The molecule has 2 N–H and O–H groups in total. The van der Waals surface area contributed by atoms with E-state index in [4.69, 9.17) is 11.6 Å². The fraction of sp³-hybridized carbons (Fsp3) is 0.467. The van der Waals surface area contributed by atoms with Gasteiger partial charge in [-0.05, 0) is 31.5 Å². The molecule has 132 valence electrons. The Morgan fingerprint density at radius 2 is 2.00 bits per heavy atom. The Bertz CT molecular complexity index is 610. The highest BCUT2D eigenvalue weighted by Crippen LogP contribution is 2.22. The van der Waals surface area contributed by atoms with Crippen LogP contribution in [0.4, 0.5) is 18.9 Å². The number of likely N-dealkylation sites (tertiary alicyclic amines) is 1. The maximum Gasteiger partial charge on any atom is 0.405 e. The highest BCUT2D eigenvalue weighted by molar-refractivity contribution is 6.33. The quantitative estimate of drug-likeness (QED) is 0.844. The van der Waals surface area contributed by atoms with Gasteiger partial charge >= 0.3 is 6.18 Å². The molecule has 0 spiro atoms. The van der Waals surface area contributed by atoms with E-state index in [0.717, 1.165) is 0 Å². The van der Waals surface area contributed by atoms with Gasteiger partial charge in [-0.2, -0.15) is 13.2 Å². The van der Waals surface area contributed by atoms with Crippen molar-refractivity contribution in [3.63, 3.8) is 0 Å². The van der Waals surface area contributed by atoms with Gasteiger partial charge in [0.15, 0.2) is 0 Å². The van der Waals surface area contributed by atoms with Gasteiger partial charge in [-0.15, -0.1) is 0 Å². The lowest BCUT2D eigenvalue weighted by Gasteiger charge is -2.23. The molecular formula is C15H17ClF3N3O2. The number of halogens is 4. The number of carbonyl (C=O) groups excluding carboxylic acids is 2. The lowest BCUT2D eigenvalue weighted by atomic mass is 10.2. The van der Waals surface area contributed by atoms with Crippen molar-refractivity contribution in [3.8, 4) is 0 Å². The standard InChI is InChI=1S/C15H17ClF3N3O2/c16-10-4-1-2-5-11(10)21-13(23)8-22-7-3-6-12(22)14(24)20-9-15(17,18)19/h1-2,4-5,12H,3,6-9H2,(H,20,24)(H,21,23)/t12-/m0/s1. The van der Waals surface area contributed by atoms with Crippen molar-refractivity contribution < 1.29 is 22.8 Å². The van der Waals surface area contributed by atoms with E-state index in [0.29, 0.717) is 30.1 Å². The number of nitrogens with zero attached hydrogens (tertiary/aromatic N) is 1. The molecule has 0 aromatic heterocycles. The molecule has 2 amide bonds. The van der Waals surface area contributed by atoms with Gasteiger partial charge < -0.3 is 10.6 Å². The van der Waals surface area contributed by atoms with Crippen molar-refractivity contribution in [2.45, 2.75) is 25.1 Å². The molecule has 1 saturated heterocycles. The number of hydrogen-bond donors (Lipinski definition) is 2. The molecule has 0 radical (unpaired) electrons. The molecule has 0 aliphatic carbocycles. The zero-order chi connectivity index (χ0) is 17.7. The van der Waals surface area contributed by atoms with Crippen LogP contribution in [-0.2, 0) is 9.59 Å². The highest BCUT2D eigenvalue weighted by atomic mass is 35.5. The van der Waals surface area contributed by atoms with Crippen LogP contribution in [-0.4, -0.2) is 48.6 Å². The summed E-state index contributed by atoms with van der Waals surface area (Å²) in [6.07, 6.45) is -3.40. The van der Waals surface area contributed by atoms with Crippen molar-refractivity contribution in [1.82, 2.24) is 10.2 Å². The molecule has 0 saturated carbocycles. The second kappa shape index (κ2) is 7.85. The van der Waals surface area contributed by atoms with E-state index >= 15 is 0 Å². The number of rotatable bonds is 5. The Morgan fingerprint density at radius 1 is 1.29 bits per heavy atom. The first-order valence-electron chi connectivity index (χ1n) is 7.39. The molecule has 1 fully saturated rings. The summed E-state index contributed by atoms with van der Waals surface area (Å²) in [5.74, 6) is -1.09. The average molecular weight is 364 g/mol. The summed E-state index contributed by atoms with van der Waals surface area (Å²) in [5, 5.41) is 4.88. The van der Waals surface area contributed by atoms with E-state index in [1.807, 2.05) is 5.32 Å². The first-order valence-corrected chi connectivity index (χ1v) is 7.77. The van der Waals surface area contributed by atoms with Crippen LogP contribution in [0.3, 0.4) is 0 Å². The Kier molecular flexibility index (Phi) is 6.06. The molecule has 0 bridgehead atoms. The number of alkyl halides is 3. The topological polar surface area (TPSA) is 61.4 Å². The van der Waals surface area contributed by atoms with Gasteiger partial charge in [0.05, 0.1) is 23.3 Å². The lowest BCUT2D eigenvalue weighted by Crippen LogP contribution is -2.47. The molecule has 1 aliphatic rings. The van der Waals surface area contributed by atoms with Gasteiger partial charge in [0.2, 0.25) is 11.8 Å². The number of para-hydroxylation sites is 1. The number of hydrogen-bond acceptors (Lipinski definition) is 3. The Labute approximate surface area is 142 Å². The van der Waals surface area contributed by atoms with Crippen LogP contribution in [0.25, 0.3) is 0 Å². The highest BCUT2D eigenvalue weighted by Gasteiger charge is 2.34. The lowest BCUT2D eigenvalue weighted by molar-refractivity contribution is -0.141. The van der Waals surface area contributed by atoms with Gasteiger partial charge in [-0.1, -0.05) is 23.7 Å². The summed E-state index contributed by atoms with van der Waals surface area (Å²) in [4.78, 5) is 25.5. The third kappa shape index (κ3) is 5.38. The first kappa shape index (κ1) is 18.5.